The maximum Gasteiger partial charge on any atom is 0.436 e. The lowest BCUT2D eigenvalue weighted by Crippen LogP contribution is -2.17. The molecule has 0 atom stereocenters. The molecule has 1 rings (SSSR count). The first-order valence-corrected chi connectivity index (χ1v) is 4.47. The summed E-state index contributed by atoms with van der Waals surface area (Å²) in [5, 5.41) is 0. The SMILES string of the molecule is CC(C)c1c(N)nc(C(F)(F)F)c(F)c1N. The van der Waals surface area contributed by atoms with Crippen LogP contribution in [0.2, 0.25) is 0 Å². The average molecular weight is 237 g/mol. The molecule has 0 unspecified atom stereocenters. The summed E-state index contributed by atoms with van der Waals surface area (Å²) in [4.78, 5) is 3.02. The standard InChI is InChI=1S/C9H11F4N3/c1-3(2)4-6(14)5(10)7(9(11,12)13)16-8(4)15/h3H,1-2H3,(H4,14,15,16). The number of hydrogen-bond acceptors (Lipinski definition) is 3. The van der Waals surface area contributed by atoms with Gasteiger partial charge in [0.15, 0.2) is 11.5 Å². The van der Waals surface area contributed by atoms with Crippen LogP contribution in [0.4, 0.5) is 29.1 Å². The number of alkyl halides is 3. The van der Waals surface area contributed by atoms with Crippen LogP contribution in [-0.2, 0) is 6.18 Å². The van der Waals surface area contributed by atoms with Crippen molar-refractivity contribution in [3.63, 3.8) is 0 Å². The molecule has 4 N–H and O–H groups in total. The molecule has 90 valence electrons. The van der Waals surface area contributed by atoms with Gasteiger partial charge in [-0.05, 0) is 5.92 Å². The maximum absolute atomic E-state index is 13.3. The molecule has 0 fully saturated rings. The fraction of sp³-hybridized carbons (Fsp3) is 0.444. The van der Waals surface area contributed by atoms with Crippen molar-refractivity contribution in [3.05, 3.63) is 17.1 Å². The lowest BCUT2D eigenvalue weighted by atomic mass is 10.0. The van der Waals surface area contributed by atoms with Gasteiger partial charge in [-0.1, -0.05) is 13.8 Å². The summed E-state index contributed by atoms with van der Waals surface area (Å²) >= 11 is 0. The number of rotatable bonds is 1. The van der Waals surface area contributed by atoms with Crippen LogP contribution in [-0.4, -0.2) is 4.98 Å². The average Bonchev–Trinajstić information content (AvgIpc) is 2.09. The fourth-order valence-electron chi connectivity index (χ4n) is 1.41. The Morgan fingerprint density at radius 2 is 1.69 bits per heavy atom. The van der Waals surface area contributed by atoms with E-state index in [1.165, 1.54) is 0 Å². The molecule has 0 aliphatic rings. The van der Waals surface area contributed by atoms with Crippen molar-refractivity contribution in [2.45, 2.75) is 25.9 Å². The van der Waals surface area contributed by atoms with Gasteiger partial charge >= 0.3 is 6.18 Å². The number of nitrogens with zero attached hydrogens (tertiary/aromatic N) is 1. The van der Waals surface area contributed by atoms with Gasteiger partial charge in [0.05, 0.1) is 5.69 Å². The van der Waals surface area contributed by atoms with Crippen LogP contribution in [0.5, 0.6) is 0 Å². The van der Waals surface area contributed by atoms with Crippen molar-refractivity contribution in [1.82, 2.24) is 4.98 Å². The predicted molar refractivity (Wildman–Crippen MR) is 52.1 cm³/mol. The maximum atomic E-state index is 13.3. The fourth-order valence-corrected chi connectivity index (χ4v) is 1.41. The van der Waals surface area contributed by atoms with Crippen molar-refractivity contribution >= 4 is 11.5 Å². The molecule has 0 radical (unpaired) electrons. The Labute approximate surface area is 89.5 Å². The Balaban J connectivity index is 3.52. The number of aromatic nitrogens is 1. The molecule has 0 saturated heterocycles. The second-order valence-electron chi connectivity index (χ2n) is 3.64. The van der Waals surface area contributed by atoms with E-state index in [1.807, 2.05) is 0 Å². The van der Waals surface area contributed by atoms with E-state index < -0.39 is 23.4 Å². The number of nitrogen functional groups attached to an aromatic ring is 2. The zero-order valence-electron chi connectivity index (χ0n) is 8.69. The van der Waals surface area contributed by atoms with E-state index in [1.54, 1.807) is 13.8 Å². The van der Waals surface area contributed by atoms with Crippen LogP contribution in [0.1, 0.15) is 31.0 Å². The second kappa shape index (κ2) is 3.80. The lowest BCUT2D eigenvalue weighted by Gasteiger charge is -2.16. The first-order chi connectivity index (χ1) is 7.16. The highest BCUT2D eigenvalue weighted by atomic mass is 19.4. The van der Waals surface area contributed by atoms with E-state index in [4.69, 9.17) is 11.5 Å². The Morgan fingerprint density at radius 3 is 2.06 bits per heavy atom. The topological polar surface area (TPSA) is 64.9 Å². The molecule has 16 heavy (non-hydrogen) atoms. The number of halogens is 4. The third-order valence-electron chi connectivity index (χ3n) is 2.09. The molecule has 1 aromatic rings. The normalized spacial score (nSPS) is 12.2. The summed E-state index contributed by atoms with van der Waals surface area (Å²) in [7, 11) is 0. The minimum atomic E-state index is -4.90. The van der Waals surface area contributed by atoms with E-state index in [0.29, 0.717) is 0 Å². The van der Waals surface area contributed by atoms with E-state index in [-0.39, 0.29) is 17.3 Å². The molecule has 0 spiro atoms. The molecule has 0 aliphatic heterocycles. The van der Waals surface area contributed by atoms with Crippen LogP contribution in [0.25, 0.3) is 0 Å². The summed E-state index contributed by atoms with van der Waals surface area (Å²) in [6.45, 7) is 3.27. The van der Waals surface area contributed by atoms with Gasteiger partial charge in [-0.25, -0.2) is 9.37 Å². The van der Waals surface area contributed by atoms with E-state index in [9.17, 15) is 17.6 Å². The van der Waals surface area contributed by atoms with Gasteiger partial charge in [0, 0.05) is 5.56 Å². The summed E-state index contributed by atoms with van der Waals surface area (Å²) in [5.41, 5.74) is 8.46. The third kappa shape index (κ3) is 2.02. The highest BCUT2D eigenvalue weighted by Crippen LogP contribution is 2.37. The monoisotopic (exact) mass is 237 g/mol. The quantitative estimate of drug-likeness (QED) is 0.737. The van der Waals surface area contributed by atoms with Crippen molar-refractivity contribution in [1.29, 1.82) is 0 Å². The Bertz CT molecular complexity index is 412. The summed E-state index contributed by atoms with van der Waals surface area (Å²) < 4.78 is 50.3. The van der Waals surface area contributed by atoms with Gasteiger partial charge in [0.25, 0.3) is 0 Å². The molecular weight excluding hydrogens is 226 g/mol. The van der Waals surface area contributed by atoms with Crippen LogP contribution in [0.15, 0.2) is 0 Å². The van der Waals surface area contributed by atoms with Gasteiger partial charge < -0.3 is 11.5 Å². The third-order valence-corrected chi connectivity index (χ3v) is 2.09. The zero-order valence-corrected chi connectivity index (χ0v) is 8.69. The molecular formula is C9H11F4N3. The minimum absolute atomic E-state index is 0.102. The first-order valence-electron chi connectivity index (χ1n) is 4.47. The van der Waals surface area contributed by atoms with Gasteiger partial charge in [0.2, 0.25) is 0 Å². The molecule has 0 bridgehead atoms. The van der Waals surface area contributed by atoms with Crippen LogP contribution in [0.3, 0.4) is 0 Å². The largest absolute Gasteiger partial charge is 0.436 e. The molecule has 0 aromatic carbocycles. The highest BCUT2D eigenvalue weighted by molar-refractivity contribution is 5.61. The lowest BCUT2D eigenvalue weighted by molar-refractivity contribution is -0.143. The molecule has 1 aromatic heterocycles. The van der Waals surface area contributed by atoms with Crippen LogP contribution >= 0.6 is 0 Å². The summed E-state index contributed by atoms with van der Waals surface area (Å²) in [6.07, 6.45) is -4.90. The zero-order chi connectivity index (χ0) is 12.7. The minimum Gasteiger partial charge on any atom is -0.396 e. The second-order valence-corrected chi connectivity index (χ2v) is 3.64. The molecule has 3 nitrogen and oxygen atoms in total. The molecule has 0 aliphatic carbocycles. The van der Waals surface area contributed by atoms with Crippen LogP contribution < -0.4 is 11.5 Å². The molecule has 7 heteroatoms. The van der Waals surface area contributed by atoms with Crippen LogP contribution in [0, 0.1) is 5.82 Å². The number of anilines is 2. The molecule has 1 heterocycles. The molecule has 0 saturated carbocycles. The Hall–Kier alpha value is -1.53. The van der Waals surface area contributed by atoms with Crippen molar-refractivity contribution in [2.24, 2.45) is 0 Å². The Kier molecular flexibility index (Phi) is 2.98. The van der Waals surface area contributed by atoms with Crippen molar-refractivity contribution in [2.75, 3.05) is 11.5 Å². The van der Waals surface area contributed by atoms with E-state index >= 15 is 0 Å². The van der Waals surface area contributed by atoms with Gasteiger partial charge in [-0.3, -0.25) is 0 Å². The van der Waals surface area contributed by atoms with E-state index in [2.05, 4.69) is 4.98 Å². The van der Waals surface area contributed by atoms with Crippen molar-refractivity contribution in [3.8, 4) is 0 Å². The predicted octanol–water partition coefficient (Wildman–Crippen LogP) is 2.53. The Morgan fingerprint density at radius 1 is 1.19 bits per heavy atom. The first kappa shape index (κ1) is 12.5. The van der Waals surface area contributed by atoms with E-state index in [0.717, 1.165) is 0 Å². The molecule has 0 amide bonds. The highest BCUT2D eigenvalue weighted by Gasteiger charge is 2.38. The number of nitrogens with two attached hydrogens (primary N) is 2. The number of hydrogen-bond donors (Lipinski definition) is 2. The number of pyridine rings is 1. The summed E-state index contributed by atoms with van der Waals surface area (Å²) in [6, 6.07) is 0. The smallest absolute Gasteiger partial charge is 0.396 e. The van der Waals surface area contributed by atoms with Gasteiger partial charge in [-0.15, -0.1) is 0 Å². The van der Waals surface area contributed by atoms with Gasteiger partial charge in [0.1, 0.15) is 5.82 Å². The van der Waals surface area contributed by atoms with Crippen molar-refractivity contribution < 1.29 is 17.6 Å². The van der Waals surface area contributed by atoms with Gasteiger partial charge in [-0.2, -0.15) is 13.2 Å². The summed E-state index contributed by atoms with van der Waals surface area (Å²) in [5.74, 6) is -2.25.